The topological polar surface area (TPSA) is 115 Å². The van der Waals surface area contributed by atoms with Gasteiger partial charge < -0.3 is 5.11 Å². The van der Waals surface area contributed by atoms with Crippen LogP contribution in [0.25, 0.3) is 0 Å². The molecule has 0 saturated carbocycles. The van der Waals surface area contributed by atoms with Crippen LogP contribution in [-0.4, -0.2) is 34.1 Å². The molecule has 0 atom stereocenters. The molecular formula is C5H5NO6. The first-order valence-electron chi connectivity index (χ1n) is 2.83. The van der Waals surface area contributed by atoms with E-state index in [-0.39, 0.29) is 0 Å². The summed E-state index contributed by atoms with van der Waals surface area (Å²) in [4.78, 5) is 39.4. The Bertz CT molecular complexity index is 244. The lowest BCUT2D eigenvalue weighted by molar-refractivity contribution is -0.467. The first kappa shape index (κ1) is 10.2. The Morgan fingerprint density at radius 2 is 1.83 bits per heavy atom. The Morgan fingerprint density at radius 3 is 2.17 bits per heavy atom. The summed E-state index contributed by atoms with van der Waals surface area (Å²) in [5, 5.41) is 17.7. The Labute approximate surface area is 66.1 Å². The van der Waals surface area contributed by atoms with Crippen LogP contribution < -0.4 is 0 Å². The maximum absolute atomic E-state index is 10.4. The number of carbonyl (C=O) groups excluding carboxylic acids is 2. The summed E-state index contributed by atoms with van der Waals surface area (Å²) in [6, 6.07) is 0. The predicted octanol–water partition coefficient (Wildman–Crippen LogP) is -1.12. The zero-order chi connectivity index (χ0) is 9.72. The Morgan fingerprint density at radius 1 is 1.33 bits per heavy atom. The molecule has 0 radical (unpaired) electrons. The molecule has 1 N–H and O–H groups in total. The van der Waals surface area contributed by atoms with E-state index in [0.717, 1.165) is 0 Å². The molecular weight excluding hydrogens is 170 g/mol. The third kappa shape index (κ3) is 4.09. The fraction of sp³-hybridized carbons (Fsp3) is 0.400. The fourth-order valence-electron chi connectivity index (χ4n) is 0.455. The number of ketones is 2. The number of aliphatic carboxylic acids is 1. The number of hydrogen-bond donors (Lipinski definition) is 1. The average molecular weight is 175 g/mol. The summed E-state index contributed by atoms with van der Waals surface area (Å²) in [7, 11) is 0. The number of rotatable bonds is 5. The van der Waals surface area contributed by atoms with E-state index < -0.39 is 35.4 Å². The van der Waals surface area contributed by atoms with Gasteiger partial charge in [0.25, 0.3) is 6.54 Å². The summed E-state index contributed by atoms with van der Waals surface area (Å²) in [5.41, 5.74) is 0. The molecule has 0 saturated heterocycles. The van der Waals surface area contributed by atoms with Gasteiger partial charge in [-0.15, -0.1) is 0 Å². The van der Waals surface area contributed by atoms with Crippen molar-refractivity contribution >= 4 is 17.5 Å². The second kappa shape index (κ2) is 4.16. The van der Waals surface area contributed by atoms with Crippen LogP contribution in [-0.2, 0) is 14.4 Å². The van der Waals surface area contributed by atoms with Gasteiger partial charge in [-0.2, -0.15) is 0 Å². The van der Waals surface area contributed by atoms with Crippen LogP contribution in [0.15, 0.2) is 0 Å². The van der Waals surface area contributed by atoms with E-state index >= 15 is 0 Å². The highest BCUT2D eigenvalue weighted by atomic mass is 16.6. The fourth-order valence-corrected chi connectivity index (χ4v) is 0.455. The molecule has 0 unspecified atom stereocenters. The third-order valence-corrected chi connectivity index (χ3v) is 0.902. The molecule has 0 heterocycles. The van der Waals surface area contributed by atoms with Gasteiger partial charge in [-0.3, -0.25) is 19.7 Å². The smallest absolute Gasteiger partial charge is 0.372 e. The van der Waals surface area contributed by atoms with Crippen LogP contribution in [0.1, 0.15) is 6.42 Å². The summed E-state index contributed by atoms with van der Waals surface area (Å²) >= 11 is 0. The molecule has 7 nitrogen and oxygen atoms in total. The molecule has 0 aromatic rings. The average Bonchev–Trinajstić information content (AvgIpc) is 1.84. The number of Topliss-reactive ketones (excluding diaryl/α,β-unsaturated/α-hetero) is 2. The lowest BCUT2D eigenvalue weighted by Crippen LogP contribution is -2.21. The molecule has 0 aliphatic heterocycles. The number of carbonyl (C=O) groups is 3. The molecule has 0 aromatic heterocycles. The van der Waals surface area contributed by atoms with E-state index in [9.17, 15) is 24.5 Å². The Hall–Kier alpha value is -1.79. The van der Waals surface area contributed by atoms with Gasteiger partial charge in [-0.1, -0.05) is 0 Å². The minimum atomic E-state index is -1.76. The van der Waals surface area contributed by atoms with Crippen LogP contribution in [0.4, 0.5) is 0 Å². The number of carboxylic acids is 1. The quantitative estimate of drug-likeness (QED) is 0.245. The van der Waals surface area contributed by atoms with Crippen molar-refractivity contribution in [1.29, 1.82) is 0 Å². The molecule has 7 heteroatoms. The van der Waals surface area contributed by atoms with E-state index in [1.54, 1.807) is 0 Å². The minimum Gasteiger partial charge on any atom is -0.475 e. The zero-order valence-corrected chi connectivity index (χ0v) is 5.85. The first-order valence-corrected chi connectivity index (χ1v) is 2.83. The highest BCUT2D eigenvalue weighted by Crippen LogP contribution is 1.87. The summed E-state index contributed by atoms with van der Waals surface area (Å²) < 4.78 is 0. The van der Waals surface area contributed by atoms with Gasteiger partial charge in [0, 0.05) is 4.92 Å². The van der Waals surface area contributed by atoms with E-state index in [1.165, 1.54) is 0 Å². The SMILES string of the molecule is O=C(CC(=O)C(=O)O)C[N+](=O)[O-]. The maximum Gasteiger partial charge on any atom is 0.372 e. The minimum absolute atomic E-state index is 0.919. The zero-order valence-electron chi connectivity index (χ0n) is 5.85. The second-order valence-corrected chi connectivity index (χ2v) is 1.93. The van der Waals surface area contributed by atoms with Gasteiger partial charge in [0.05, 0.1) is 6.42 Å². The van der Waals surface area contributed by atoms with Crippen molar-refractivity contribution in [3.05, 3.63) is 10.1 Å². The third-order valence-electron chi connectivity index (χ3n) is 0.902. The lowest BCUT2D eigenvalue weighted by Gasteiger charge is -1.90. The highest BCUT2D eigenvalue weighted by Gasteiger charge is 2.19. The second-order valence-electron chi connectivity index (χ2n) is 1.93. The van der Waals surface area contributed by atoms with E-state index in [2.05, 4.69) is 0 Å². The largest absolute Gasteiger partial charge is 0.475 e. The van der Waals surface area contributed by atoms with E-state index in [1.807, 2.05) is 0 Å². The van der Waals surface area contributed by atoms with Crippen molar-refractivity contribution in [2.75, 3.05) is 6.54 Å². The van der Waals surface area contributed by atoms with Crippen LogP contribution in [0.3, 0.4) is 0 Å². The number of hydrogen-bond acceptors (Lipinski definition) is 5. The van der Waals surface area contributed by atoms with Crippen LogP contribution in [0.2, 0.25) is 0 Å². The van der Waals surface area contributed by atoms with Gasteiger partial charge in [0.15, 0.2) is 0 Å². The monoisotopic (exact) mass is 175 g/mol. The van der Waals surface area contributed by atoms with Crippen molar-refractivity contribution in [3.63, 3.8) is 0 Å². The van der Waals surface area contributed by atoms with Gasteiger partial charge >= 0.3 is 5.97 Å². The maximum atomic E-state index is 10.4. The predicted molar refractivity (Wildman–Crippen MR) is 34.1 cm³/mol. The standard InChI is InChI=1S/C5H5NO6/c7-3(2-6(11)12)1-4(8)5(9)10/h1-2H2,(H,9,10). The van der Waals surface area contributed by atoms with Crippen molar-refractivity contribution in [2.24, 2.45) is 0 Å². The van der Waals surface area contributed by atoms with Crippen molar-refractivity contribution < 1.29 is 24.4 Å². The molecule has 12 heavy (non-hydrogen) atoms. The van der Waals surface area contributed by atoms with Gasteiger partial charge in [-0.05, 0) is 0 Å². The van der Waals surface area contributed by atoms with Gasteiger partial charge in [0.2, 0.25) is 11.6 Å². The molecule has 0 spiro atoms. The molecule has 0 rings (SSSR count). The number of carboxylic acid groups (broad SMARTS) is 1. The molecule has 0 aliphatic rings. The number of nitrogens with zero attached hydrogens (tertiary/aromatic N) is 1. The summed E-state index contributed by atoms with van der Waals surface area (Å²) in [6.45, 7) is -1.01. The van der Waals surface area contributed by atoms with Crippen molar-refractivity contribution in [2.45, 2.75) is 6.42 Å². The number of nitro groups is 1. The summed E-state index contributed by atoms with van der Waals surface area (Å²) in [6.07, 6.45) is -0.920. The Kier molecular flexibility index (Phi) is 3.54. The molecule has 0 fully saturated rings. The summed E-state index contributed by atoms with van der Waals surface area (Å²) in [5.74, 6) is -4.10. The van der Waals surface area contributed by atoms with E-state index in [0.29, 0.717) is 0 Å². The van der Waals surface area contributed by atoms with Crippen molar-refractivity contribution in [3.8, 4) is 0 Å². The lowest BCUT2D eigenvalue weighted by atomic mass is 10.2. The Balaban J connectivity index is 3.94. The molecule has 0 aromatic carbocycles. The van der Waals surface area contributed by atoms with Gasteiger partial charge in [0.1, 0.15) is 0 Å². The molecule has 66 valence electrons. The molecule has 0 aliphatic carbocycles. The van der Waals surface area contributed by atoms with E-state index in [4.69, 9.17) is 5.11 Å². The highest BCUT2D eigenvalue weighted by molar-refractivity contribution is 6.36. The normalized spacial score (nSPS) is 9.00. The first-order chi connectivity index (χ1) is 5.43. The van der Waals surface area contributed by atoms with Crippen molar-refractivity contribution in [1.82, 2.24) is 0 Å². The van der Waals surface area contributed by atoms with Gasteiger partial charge in [-0.25, -0.2) is 4.79 Å². The molecule has 0 amide bonds. The van der Waals surface area contributed by atoms with Crippen LogP contribution in [0.5, 0.6) is 0 Å². The molecule has 0 bridgehead atoms. The van der Waals surface area contributed by atoms with Crippen LogP contribution in [0, 0.1) is 10.1 Å². The van der Waals surface area contributed by atoms with Crippen LogP contribution >= 0.6 is 0 Å².